The van der Waals surface area contributed by atoms with Crippen LogP contribution >= 0.6 is 12.2 Å². The van der Waals surface area contributed by atoms with E-state index in [1.165, 1.54) is 19.3 Å². The van der Waals surface area contributed by atoms with E-state index in [9.17, 15) is 4.79 Å². The van der Waals surface area contributed by atoms with Gasteiger partial charge in [0.15, 0.2) is 0 Å². The summed E-state index contributed by atoms with van der Waals surface area (Å²) < 4.78 is 1.88. The second-order valence-electron chi connectivity index (χ2n) is 5.93. The smallest absolute Gasteiger partial charge is 0.320 e. The van der Waals surface area contributed by atoms with Gasteiger partial charge in [-0.25, -0.2) is 19.5 Å². The number of piperidine rings is 1. The van der Waals surface area contributed by atoms with Crippen molar-refractivity contribution in [2.45, 2.75) is 19.3 Å². The van der Waals surface area contributed by atoms with Crippen molar-refractivity contribution in [3.05, 3.63) is 29.0 Å². The summed E-state index contributed by atoms with van der Waals surface area (Å²) in [5.41, 5.74) is 1.41. The van der Waals surface area contributed by atoms with Gasteiger partial charge in [-0.3, -0.25) is 0 Å². The van der Waals surface area contributed by atoms with Crippen LogP contribution in [0.25, 0.3) is 5.69 Å². The number of aromatic amines is 1. The third-order valence-electron chi connectivity index (χ3n) is 4.12. The predicted molar refractivity (Wildman–Crippen MR) is 96.8 cm³/mol. The summed E-state index contributed by atoms with van der Waals surface area (Å²) in [5.74, 6) is 0. The zero-order valence-electron chi connectivity index (χ0n) is 14.1. The molecule has 10 heteroatoms. The number of anilines is 1. The average Bonchev–Trinajstić information content (AvgIpc) is 3.06. The first kappa shape index (κ1) is 17.5. The van der Waals surface area contributed by atoms with Crippen LogP contribution < -0.4 is 10.6 Å². The highest BCUT2D eigenvalue weighted by Gasteiger charge is 2.15. The zero-order chi connectivity index (χ0) is 17.6. The molecule has 1 fully saturated rings. The fourth-order valence-electron chi connectivity index (χ4n) is 2.77. The molecule has 0 atom stereocenters. The molecule has 3 rings (SSSR count). The maximum absolute atomic E-state index is 12.1. The van der Waals surface area contributed by atoms with Gasteiger partial charge in [0.25, 0.3) is 0 Å². The number of hydrazine groups is 1. The Morgan fingerprint density at radius 2 is 2.16 bits per heavy atom. The molecule has 0 aliphatic carbocycles. The monoisotopic (exact) mass is 362 g/mol. The standard InChI is InChI=1S/C15H22N8OS/c1-21(22-8-3-2-4-9-22)11-16-14(24)17-12-6-5-7-13(10-12)23-15(25)18-19-20-23/h5-7,10H,2-4,8-9,11H2,1H3,(H2,16,17,24)(H,18,20,25). The first-order valence-corrected chi connectivity index (χ1v) is 8.66. The van der Waals surface area contributed by atoms with Crippen molar-refractivity contribution in [3.8, 4) is 5.69 Å². The molecule has 134 valence electrons. The molecule has 25 heavy (non-hydrogen) atoms. The van der Waals surface area contributed by atoms with Gasteiger partial charge < -0.3 is 10.6 Å². The van der Waals surface area contributed by atoms with Gasteiger partial charge in [0, 0.05) is 25.8 Å². The number of nitrogens with one attached hydrogen (secondary N) is 3. The number of amides is 2. The summed E-state index contributed by atoms with van der Waals surface area (Å²) in [4.78, 5) is 12.1. The zero-order valence-corrected chi connectivity index (χ0v) is 14.9. The maximum atomic E-state index is 12.1. The van der Waals surface area contributed by atoms with Crippen molar-refractivity contribution in [3.63, 3.8) is 0 Å². The molecule has 2 aromatic rings. The lowest BCUT2D eigenvalue weighted by Crippen LogP contribution is -2.48. The normalized spacial score (nSPS) is 15.3. The van der Waals surface area contributed by atoms with Gasteiger partial charge in [-0.05, 0) is 43.3 Å². The van der Waals surface area contributed by atoms with E-state index in [0.29, 0.717) is 17.1 Å². The molecule has 1 aromatic carbocycles. The van der Waals surface area contributed by atoms with Crippen LogP contribution in [0.4, 0.5) is 10.5 Å². The molecule has 0 bridgehead atoms. The van der Waals surface area contributed by atoms with E-state index in [2.05, 4.69) is 31.2 Å². The van der Waals surface area contributed by atoms with Crippen molar-refractivity contribution >= 4 is 23.9 Å². The Kier molecular flexibility index (Phi) is 5.74. The van der Waals surface area contributed by atoms with Crippen molar-refractivity contribution in [1.82, 2.24) is 35.5 Å². The van der Waals surface area contributed by atoms with Crippen LogP contribution in [0, 0.1) is 4.77 Å². The summed E-state index contributed by atoms with van der Waals surface area (Å²) in [6.45, 7) is 2.54. The van der Waals surface area contributed by atoms with Gasteiger partial charge in [-0.2, -0.15) is 5.21 Å². The minimum atomic E-state index is -0.257. The van der Waals surface area contributed by atoms with Gasteiger partial charge in [0.2, 0.25) is 4.77 Å². The van der Waals surface area contributed by atoms with E-state index in [0.717, 1.165) is 18.8 Å². The number of carbonyl (C=O) groups excluding carboxylic acids is 1. The van der Waals surface area contributed by atoms with E-state index in [4.69, 9.17) is 12.2 Å². The predicted octanol–water partition coefficient (Wildman–Crippen LogP) is 1.74. The highest BCUT2D eigenvalue weighted by Crippen LogP contribution is 2.14. The summed E-state index contributed by atoms with van der Waals surface area (Å²) in [7, 11) is 1.99. The van der Waals surface area contributed by atoms with Crippen molar-refractivity contribution in [2.75, 3.05) is 32.1 Å². The largest absolute Gasteiger partial charge is 0.324 e. The minimum Gasteiger partial charge on any atom is -0.324 e. The summed E-state index contributed by atoms with van der Waals surface area (Å²) >= 11 is 5.08. The molecule has 3 N–H and O–H groups in total. The summed E-state index contributed by atoms with van der Waals surface area (Å²) in [5, 5.41) is 20.1. The molecule has 9 nitrogen and oxygen atoms in total. The fraction of sp³-hybridized carbons (Fsp3) is 0.467. The van der Waals surface area contributed by atoms with Crippen LogP contribution in [-0.4, -0.2) is 63.1 Å². The summed E-state index contributed by atoms with van der Waals surface area (Å²) in [6, 6.07) is 7.03. The quantitative estimate of drug-likeness (QED) is 0.554. The Morgan fingerprint density at radius 1 is 1.36 bits per heavy atom. The number of rotatable bonds is 5. The number of H-pyrrole nitrogens is 1. The number of carbonyl (C=O) groups is 1. The lowest BCUT2D eigenvalue weighted by atomic mass is 10.2. The number of aromatic nitrogens is 4. The summed E-state index contributed by atoms with van der Waals surface area (Å²) in [6.07, 6.45) is 3.69. The topological polar surface area (TPSA) is 94.1 Å². The molecule has 2 heterocycles. The SMILES string of the molecule is CN(CNC(=O)Nc1cccc(-n2[nH]nnc2=S)c1)N1CCCCC1. The van der Waals surface area contributed by atoms with Gasteiger partial charge in [0.1, 0.15) is 0 Å². The first-order chi connectivity index (χ1) is 12.1. The second kappa shape index (κ2) is 8.19. The van der Waals surface area contributed by atoms with Gasteiger partial charge in [0.05, 0.1) is 12.4 Å². The number of nitrogens with zero attached hydrogens (tertiary/aromatic N) is 5. The van der Waals surface area contributed by atoms with Gasteiger partial charge in [-0.15, -0.1) is 0 Å². The van der Waals surface area contributed by atoms with E-state index < -0.39 is 0 Å². The number of tetrazole rings is 1. The molecule has 1 aliphatic rings. The Labute approximate surface area is 150 Å². The molecular formula is C15H22N8OS. The highest BCUT2D eigenvalue weighted by molar-refractivity contribution is 7.71. The van der Waals surface area contributed by atoms with Crippen LogP contribution in [0.15, 0.2) is 24.3 Å². The first-order valence-electron chi connectivity index (χ1n) is 8.25. The number of hydrogen-bond acceptors (Lipinski definition) is 6. The molecule has 1 aliphatic heterocycles. The van der Waals surface area contributed by atoms with Crippen molar-refractivity contribution in [2.24, 2.45) is 0 Å². The lowest BCUT2D eigenvalue weighted by Gasteiger charge is -2.34. The Hall–Kier alpha value is -2.30. The Morgan fingerprint density at radius 3 is 2.88 bits per heavy atom. The second-order valence-corrected chi connectivity index (χ2v) is 6.29. The Bertz CT molecular complexity index is 767. The third-order valence-corrected chi connectivity index (χ3v) is 4.38. The van der Waals surface area contributed by atoms with Crippen molar-refractivity contribution < 1.29 is 4.79 Å². The van der Waals surface area contributed by atoms with Crippen molar-refractivity contribution in [1.29, 1.82) is 0 Å². The molecule has 2 amide bonds. The van der Waals surface area contributed by atoms with Crippen LogP contribution in [0.2, 0.25) is 0 Å². The fourth-order valence-corrected chi connectivity index (χ4v) is 2.96. The van der Waals surface area contributed by atoms with Crippen LogP contribution in [0.1, 0.15) is 19.3 Å². The number of hydrogen-bond donors (Lipinski definition) is 3. The molecule has 0 unspecified atom stereocenters. The van der Waals surface area contributed by atoms with E-state index in [1.807, 2.05) is 30.3 Å². The molecule has 0 spiro atoms. The molecule has 0 saturated carbocycles. The molecule has 0 radical (unpaired) electrons. The highest BCUT2D eigenvalue weighted by atomic mass is 32.1. The molecule has 1 aromatic heterocycles. The van der Waals surface area contributed by atoms with Crippen LogP contribution in [0.3, 0.4) is 0 Å². The third kappa shape index (κ3) is 4.62. The van der Waals surface area contributed by atoms with E-state index in [-0.39, 0.29) is 6.03 Å². The number of benzene rings is 1. The van der Waals surface area contributed by atoms with Gasteiger partial charge in [-0.1, -0.05) is 22.8 Å². The molecular weight excluding hydrogens is 340 g/mol. The minimum absolute atomic E-state index is 0.257. The maximum Gasteiger partial charge on any atom is 0.320 e. The number of urea groups is 1. The van der Waals surface area contributed by atoms with Gasteiger partial charge >= 0.3 is 6.03 Å². The van der Waals surface area contributed by atoms with E-state index >= 15 is 0 Å². The molecule has 1 saturated heterocycles. The average molecular weight is 362 g/mol. The van der Waals surface area contributed by atoms with E-state index in [1.54, 1.807) is 10.7 Å². The van der Waals surface area contributed by atoms with Crippen LogP contribution in [0.5, 0.6) is 0 Å². The Balaban J connectivity index is 1.54. The van der Waals surface area contributed by atoms with Crippen LogP contribution in [-0.2, 0) is 0 Å². The lowest BCUT2D eigenvalue weighted by molar-refractivity contribution is -0.0194.